The summed E-state index contributed by atoms with van der Waals surface area (Å²) < 4.78 is 4.72. The first-order valence-corrected chi connectivity index (χ1v) is 3.78. The largest absolute Gasteiger partial charge is 0.394 e. The molecule has 1 fully saturated rings. The van der Waals surface area contributed by atoms with Crippen LogP contribution in [0.15, 0.2) is 0 Å². The minimum Gasteiger partial charge on any atom is -0.394 e. The molecular formula is C6H13NO6. The summed E-state index contributed by atoms with van der Waals surface area (Å²) in [6.45, 7) is -0.566. The first kappa shape index (κ1) is 10.8. The fourth-order valence-electron chi connectivity index (χ4n) is 1.25. The van der Waals surface area contributed by atoms with Crippen molar-refractivity contribution in [3.63, 3.8) is 0 Å². The molecule has 1 rings (SSSR count). The van der Waals surface area contributed by atoms with Crippen molar-refractivity contribution in [3.8, 4) is 0 Å². The lowest BCUT2D eigenvalue weighted by atomic mass is 10.1. The molecule has 1 saturated heterocycles. The van der Waals surface area contributed by atoms with E-state index in [0.717, 1.165) is 0 Å². The van der Waals surface area contributed by atoms with Gasteiger partial charge >= 0.3 is 0 Å². The summed E-state index contributed by atoms with van der Waals surface area (Å²) in [7, 11) is 0. The first-order chi connectivity index (χ1) is 6.11. The molecule has 6 N–H and O–H groups in total. The van der Waals surface area contributed by atoms with Gasteiger partial charge in [0.1, 0.15) is 24.4 Å². The third kappa shape index (κ3) is 1.97. The molecule has 0 saturated carbocycles. The van der Waals surface area contributed by atoms with Gasteiger partial charge in [0.05, 0.1) is 6.61 Å². The third-order valence-electron chi connectivity index (χ3n) is 1.97. The minimum atomic E-state index is -1.46. The van der Waals surface area contributed by atoms with Crippen molar-refractivity contribution in [2.45, 2.75) is 30.7 Å². The van der Waals surface area contributed by atoms with Gasteiger partial charge in [-0.1, -0.05) is 0 Å². The van der Waals surface area contributed by atoms with Crippen molar-refractivity contribution >= 4 is 0 Å². The minimum absolute atomic E-state index is 0.566. The average Bonchev–Trinajstić information content (AvgIpc) is 2.42. The zero-order chi connectivity index (χ0) is 10.0. The zero-order valence-corrected chi connectivity index (χ0v) is 6.78. The lowest BCUT2D eigenvalue weighted by molar-refractivity contribution is -0.151. The molecule has 1 unspecified atom stereocenters. The Bertz CT molecular complexity index is 167. The van der Waals surface area contributed by atoms with Crippen LogP contribution in [0.5, 0.6) is 0 Å². The van der Waals surface area contributed by atoms with Gasteiger partial charge in [-0.25, -0.2) is 5.90 Å². The van der Waals surface area contributed by atoms with Crippen LogP contribution in [-0.2, 0) is 9.57 Å². The van der Waals surface area contributed by atoms with E-state index in [4.69, 9.17) is 26.0 Å². The molecule has 0 aromatic rings. The van der Waals surface area contributed by atoms with Crippen LogP contribution < -0.4 is 5.90 Å². The van der Waals surface area contributed by atoms with Crippen LogP contribution in [-0.4, -0.2) is 57.7 Å². The standard InChI is InChI=1S/C6H13NO6/c7-13-5-3(10)6(11)12-4(5)2(9)1-8/h2-6,8-11H,1,7H2/t2-,3-,4-,5+,6?/m1/s1. The highest BCUT2D eigenvalue weighted by atomic mass is 16.7. The highest BCUT2D eigenvalue weighted by Crippen LogP contribution is 2.23. The lowest BCUT2D eigenvalue weighted by Gasteiger charge is -2.20. The molecule has 13 heavy (non-hydrogen) atoms. The number of aliphatic hydroxyl groups excluding tert-OH is 4. The van der Waals surface area contributed by atoms with Gasteiger partial charge in [0.15, 0.2) is 6.29 Å². The number of aliphatic hydroxyl groups is 4. The topological polar surface area (TPSA) is 125 Å². The summed E-state index contributed by atoms with van der Waals surface area (Å²) in [5, 5.41) is 36.0. The maximum absolute atomic E-state index is 9.20. The second-order valence-electron chi connectivity index (χ2n) is 2.83. The predicted octanol–water partition coefficient (Wildman–Crippen LogP) is -3.32. The maximum atomic E-state index is 9.20. The van der Waals surface area contributed by atoms with Gasteiger partial charge in [-0.2, -0.15) is 0 Å². The molecule has 7 nitrogen and oxygen atoms in total. The fourth-order valence-corrected chi connectivity index (χ4v) is 1.25. The summed E-state index contributed by atoms with van der Waals surface area (Å²) in [6.07, 6.45) is -6.10. The molecule has 1 aliphatic heterocycles. The molecule has 0 bridgehead atoms. The van der Waals surface area contributed by atoms with Crippen molar-refractivity contribution in [3.05, 3.63) is 0 Å². The van der Waals surface area contributed by atoms with Crippen molar-refractivity contribution in [1.29, 1.82) is 0 Å². The van der Waals surface area contributed by atoms with E-state index in [1.807, 2.05) is 0 Å². The number of hydrogen-bond donors (Lipinski definition) is 5. The lowest BCUT2D eigenvalue weighted by Crippen LogP contribution is -2.43. The fraction of sp³-hybridized carbons (Fsp3) is 1.00. The van der Waals surface area contributed by atoms with E-state index in [1.54, 1.807) is 0 Å². The van der Waals surface area contributed by atoms with E-state index >= 15 is 0 Å². The molecular weight excluding hydrogens is 182 g/mol. The van der Waals surface area contributed by atoms with Crippen LogP contribution in [0.1, 0.15) is 0 Å². The molecule has 1 aliphatic rings. The van der Waals surface area contributed by atoms with Gasteiger partial charge in [-0.05, 0) is 0 Å². The molecule has 0 aromatic carbocycles. The number of ether oxygens (including phenoxy) is 1. The van der Waals surface area contributed by atoms with E-state index in [1.165, 1.54) is 0 Å². The Kier molecular flexibility index (Phi) is 3.56. The Morgan fingerprint density at radius 3 is 2.54 bits per heavy atom. The van der Waals surface area contributed by atoms with Crippen LogP contribution in [0.25, 0.3) is 0 Å². The summed E-state index contributed by atoms with van der Waals surface area (Å²) in [4.78, 5) is 4.32. The Morgan fingerprint density at radius 2 is 2.08 bits per heavy atom. The second kappa shape index (κ2) is 4.29. The highest BCUT2D eigenvalue weighted by Gasteiger charge is 2.46. The summed E-state index contributed by atoms with van der Waals surface area (Å²) in [6, 6.07) is 0. The van der Waals surface area contributed by atoms with Crippen molar-refractivity contribution in [2.75, 3.05) is 6.61 Å². The van der Waals surface area contributed by atoms with Gasteiger partial charge in [0.25, 0.3) is 0 Å². The van der Waals surface area contributed by atoms with E-state index in [-0.39, 0.29) is 0 Å². The molecule has 0 radical (unpaired) electrons. The Hall–Kier alpha value is -0.280. The van der Waals surface area contributed by atoms with Crippen LogP contribution >= 0.6 is 0 Å². The number of rotatable bonds is 3. The molecule has 0 amide bonds. The van der Waals surface area contributed by atoms with E-state index < -0.39 is 37.3 Å². The van der Waals surface area contributed by atoms with Gasteiger partial charge in [0, 0.05) is 0 Å². The van der Waals surface area contributed by atoms with E-state index in [0.29, 0.717) is 0 Å². The molecule has 78 valence electrons. The zero-order valence-electron chi connectivity index (χ0n) is 6.78. The quantitative estimate of drug-likeness (QED) is 0.298. The van der Waals surface area contributed by atoms with Gasteiger partial charge in [-0.15, -0.1) is 0 Å². The molecule has 0 spiro atoms. The summed E-state index contributed by atoms with van der Waals surface area (Å²) in [5.74, 6) is 4.83. The Labute approximate surface area is 74.3 Å². The van der Waals surface area contributed by atoms with Crippen molar-refractivity contribution in [2.24, 2.45) is 5.90 Å². The third-order valence-corrected chi connectivity index (χ3v) is 1.97. The van der Waals surface area contributed by atoms with Crippen molar-refractivity contribution in [1.82, 2.24) is 0 Å². The smallest absolute Gasteiger partial charge is 0.184 e. The van der Waals surface area contributed by atoms with Crippen LogP contribution in [0, 0.1) is 0 Å². The normalized spacial score (nSPS) is 42.2. The highest BCUT2D eigenvalue weighted by molar-refractivity contribution is 4.90. The average molecular weight is 195 g/mol. The van der Waals surface area contributed by atoms with E-state index in [9.17, 15) is 5.11 Å². The second-order valence-corrected chi connectivity index (χ2v) is 2.83. The molecule has 0 aliphatic carbocycles. The summed E-state index contributed by atoms with van der Waals surface area (Å²) >= 11 is 0. The van der Waals surface area contributed by atoms with E-state index in [2.05, 4.69) is 4.84 Å². The van der Waals surface area contributed by atoms with Gasteiger partial charge < -0.3 is 25.2 Å². The predicted molar refractivity (Wildman–Crippen MR) is 39.0 cm³/mol. The monoisotopic (exact) mass is 195 g/mol. The Morgan fingerprint density at radius 1 is 1.46 bits per heavy atom. The van der Waals surface area contributed by atoms with Crippen LogP contribution in [0.3, 0.4) is 0 Å². The number of nitrogens with two attached hydrogens (primary N) is 1. The number of hydrogen-bond acceptors (Lipinski definition) is 7. The van der Waals surface area contributed by atoms with Gasteiger partial charge in [0.2, 0.25) is 0 Å². The van der Waals surface area contributed by atoms with Crippen LogP contribution in [0.2, 0.25) is 0 Å². The van der Waals surface area contributed by atoms with Crippen LogP contribution in [0.4, 0.5) is 0 Å². The molecule has 1 heterocycles. The first-order valence-electron chi connectivity index (χ1n) is 3.78. The van der Waals surface area contributed by atoms with Gasteiger partial charge in [-0.3, -0.25) is 4.84 Å². The Balaban J connectivity index is 2.64. The SMILES string of the molecule is NO[C@@H]1[C@@H]([C@H](O)CO)OC(O)[C@@H]1O. The van der Waals surface area contributed by atoms with Crippen molar-refractivity contribution < 1.29 is 30.0 Å². The summed E-state index contributed by atoms with van der Waals surface area (Å²) in [5.41, 5.74) is 0. The molecule has 5 atom stereocenters. The maximum Gasteiger partial charge on any atom is 0.184 e. The molecule has 0 aromatic heterocycles. The molecule has 7 heteroatoms.